The summed E-state index contributed by atoms with van der Waals surface area (Å²) in [4.78, 5) is 8.53. The molecule has 4 heteroatoms. The summed E-state index contributed by atoms with van der Waals surface area (Å²) >= 11 is 0. The Labute approximate surface area is 201 Å². The molecule has 0 fully saturated rings. The number of nitrogens with zero attached hydrogens (tertiary/aromatic N) is 2. The number of pyridine rings is 2. The van der Waals surface area contributed by atoms with Crippen molar-refractivity contribution >= 4 is 0 Å². The fraction of sp³-hybridized carbons (Fsp3) is 0. The van der Waals surface area contributed by atoms with Crippen molar-refractivity contribution in [3.05, 3.63) is 133 Å². The summed E-state index contributed by atoms with van der Waals surface area (Å²) in [6.07, 6.45) is 3.46. The third-order valence-corrected chi connectivity index (χ3v) is 4.58. The average molecular weight is 595 g/mol. The zero-order valence-corrected chi connectivity index (χ0v) is 19.5. The molecule has 0 saturated carbocycles. The molecule has 5 rings (SSSR count). The van der Waals surface area contributed by atoms with E-state index in [1.54, 1.807) is 24.5 Å². The van der Waals surface area contributed by atoms with Crippen molar-refractivity contribution in [3.8, 4) is 33.6 Å². The van der Waals surface area contributed by atoms with Crippen LogP contribution < -0.4 is 0 Å². The van der Waals surface area contributed by atoms with Crippen LogP contribution in [0.25, 0.3) is 33.6 Å². The second-order valence-electron chi connectivity index (χ2n) is 6.65. The van der Waals surface area contributed by atoms with Crippen molar-refractivity contribution < 1.29 is 24.5 Å². The van der Waals surface area contributed by atoms with Crippen molar-refractivity contribution in [2.24, 2.45) is 0 Å². The quantitative estimate of drug-likeness (QED) is 0.213. The maximum absolute atomic E-state index is 13.9. The van der Waals surface area contributed by atoms with Crippen LogP contribution in [0.15, 0.2) is 116 Å². The molecule has 1 radical (unpaired) electrons. The van der Waals surface area contributed by atoms with E-state index >= 15 is 0 Å². The summed E-state index contributed by atoms with van der Waals surface area (Å²) in [6.45, 7) is 0. The van der Waals surface area contributed by atoms with Gasteiger partial charge in [0.1, 0.15) is 0 Å². The van der Waals surface area contributed by atoms with Crippen LogP contribution in [0.5, 0.6) is 0 Å². The Morgan fingerprint density at radius 2 is 1.38 bits per heavy atom. The van der Waals surface area contributed by atoms with E-state index in [4.69, 9.17) is 0 Å². The Kier molecular flexibility index (Phi) is 8.56. The van der Waals surface area contributed by atoms with Crippen LogP contribution in [0.1, 0.15) is 0 Å². The minimum atomic E-state index is -0.307. The van der Waals surface area contributed by atoms with E-state index in [2.05, 4.69) is 22.1 Å². The van der Waals surface area contributed by atoms with Crippen molar-refractivity contribution in [1.82, 2.24) is 9.97 Å². The fourth-order valence-electron chi connectivity index (χ4n) is 3.13. The molecular weight excluding hydrogens is 576 g/mol. The predicted octanol–water partition coefficient (Wildman–Crippen LogP) is 6.90. The van der Waals surface area contributed by atoms with Gasteiger partial charge in [-0.1, -0.05) is 54.1 Å². The van der Waals surface area contributed by atoms with Crippen molar-refractivity contribution in [2.75, 3.05) is 0 Å². The van der Waals surface area contributed by atoms with Gasteiger partial charge in [-0.15, -0.1) is 60.2 Å². The van der Waals surface area contributed by atoms with Crippen LogP contribution in [0.3, 0.4) is 0 Å². The molecular formula is C28H19FIrN2-2. The van der Waals surface area contributed by atoms with Gasteiger partial charge in [0, 0.05) is 38.3 Å². The Balaban J connectivity index is 0.000000193. The van der Waals surface area contributed by atoms with Crippen LogP contribution in [-0.2, 0) is 20.1 Å². The molecule has 32 heavy (non-hydrogen) atoms. The molecule has 0 aliphatic rings. The van der Waals surface area contributed by atoms with Crippen molar-refractivity contribution in [2.45, 2.75) is 0 Å². The van der Waals surface area contributed by atoms with E-state index in [1.807, 2.05) is 84.9 Å². The standard InChI is InChI=1S/C17H11FN.C11H8N.Ir/c18-16-11-5-4-9-15(16)17-14(10-6-12-19-17)13-7-2-1-3-8-13;1-2-6-10(7-3-1)11-8-4-5-9-12-11;/h1-8,10-12H;1-6,8-9H;/q2*-1;. The minimum absolute atomic E-state index is 0. The zero-order chi connectivity index (χ0) is 21.3. The maximum atomic E-state index is 13.9. The molecule has 0 bridgehead atoms. The number of hydrogen-bond acceptors (Lipinski definition) is 2. The van der Waals surface area contributed by atoms with Gasteiger partial charge in [0.2, 0.25) is 0 Å². The van der Waals surface area contributed by atoms with Crippen LogP contribution in [0.2, 0.25) is 0 Å². The summed E-state index contributed by atoms with van der Waals surface area (Å²) < 4.78 is 13.9. The molecule has 0 unspecified atom stereocenters. The third kappa shape index (κ3) is 5.82. The molecule has 2 heterocycles. The third-order valence-electron chi connectivity index (χ3n) is 4.58. The van der Waals surface area contributed by atoms with Gasteiger partial charge in [-0.3, -0.25) is 4.39 Å². The van der Waals surface area contributed by atoms with Gasteiger partial charge in [0.05, 0.1) is 0 Å². The predicted molar refractivity (Wildman–Crippen MR) is 122 cm³/mol. The summed E-state index contributed by atoms with van der Waals surface area (Å²) in [5, 5.41) is 0. The number of rotatable bonds is 3. The van der Waals surface area contributed by atoms with Crippen LogP contribution in [0.4, 0.5) is 4.39 Å². The Morgan fingerprint density at radius 1 is 0.625 bits per heavy atom. The fourth-order valence-corrected chi connectivity index (χ4v) is 3.13. The van der Waals surface area contributed by atoms with Gasteiger partial charge >= 0.3 is 0 Å². The van der Waals surface area contributed by atoms with E-state index < -0.39 is 0 Å². The molecule has 3 aromatic carbocycles. The Bertz CT molecular complexity index is 1190. The second-order valence-corrected chi connectivity index (χ2v) is 6.65. The summed E-state index contributed by atoms with van der Waals surface area (Å²) in [7, 11) is 0. The van der Waals surface area contributed by atoms with Gasteiger partial charge in [0.15, 0.2) is 0 Å². The first-order chi connectivity index (χ1) is 15.3. The Morgan fingerprint density at radius 3 is 2.09 bits per heavy atom. The first-order valence-corrected chi connectivity index (χ1v) is 9.88. The van der Waals surface area contributed by atoms with Crippen molar-refractivity contribution in [3.63, 3.8) is 0 Å². The summed E-state index contributed by atoms with van der Waals surface area (Å²) in [6, 6.07) is 38.1. The maximum Gasteiger partial charge on any atom is 0.0381 e. The molecule has 159 valence electrons. The number of halogens is 1. The molecule has 0 saturated heterocycles. The molecule has 0 aliphatic heterocycles. The summed E-state index contributed by atoms with van der Waals surface area (Å²) in [5.41, 5.74) is 4.96. The molecule has 0 amide bonds. The topological polar surface area (TPSA) is 25.8 Å². The van der Waals surface area contributed by atoms with Gasteiger partial charge in [-0.2, -0.15) is 0 Å². The van der Waals surface area contributed by atoms with Gasteiger partial charge in [0.25, 0.3) is 0 Å². The van der Waals surface area contributed by atoms with E-state index in [0.717, 1.165) is 22.4 Å². The number of benzene rings is 3. The first kappa shape index (κ1) is 23.2. The number of hydrogen-bond donors (Lipinski definition) is 0. The monoisotopic (exact) mass is 595 g/mol. The smallest absolute Gasteiger partial charge is 0.0381 e. The molecule has 5 aromatic rings. The minimum Gasteiger partial charge on any atom is -0.305 e. The molecule has 2 aromatic heterocycles. The second kappa shape index (κ2) is 11.8. The van der Waals surface area contributed by atoms with E-state index in [9.17, 15) is 4.39 Å². The zero-order valence-electron chi connectivity index (χ0n) is 17.1. The Hall–Kier alpha value is -3.46. The van der Waals surface area contributed by atoms with E-state index in [-0.39, 0.29) is 25.9 Å². The number of aromatic nitrogens is 2. The normalized spacial score (nSPS) is 9.78. The van der Waals surface area contributed by atoms with Crippen LogP contribution >= 0.6 is 0 Å². The van der Waals surface area contributed by atoms with E-state index in [0.29, 0.717) is 11.3 Å². The largest absolute Gasteiger partial charge is 0.305 e. The SMILES string of the molecule is Fc1ccc[c-]c1-c1ncccc1-c1ccccc1.[Ir].[c-]1ccccc1-c1ccccn1. The first-order valence-electron chi connectivity index (χ1n) is 9.88. The van der Waals surface area contributed by atoms with E-state index in [1.165, 1.54) is 6.07 Å². The molecule has 0 spiro atoms. The molecule has 0 N–H and O–H groups in total. The van der Waals surface area contributed by atoms with Gasteiger partial charge in [-0.25, -0.2) is 0 Å². The van der Waals surface area contributed by atoms with Gasteiger partial charge < -0.3 is 9.97 Å². The molecule has 0 atom stereocenters. The molecule has 2 nitrogen and oxygen atoms in total. The molecule has 0 aliphatic carbocycles. The van der Waals surface area contributed by atoms with Crippen LogP contribution in [0, 0.1) is 17.9 Å². The van der Waals surface area contributed by atoms with Crippen molar-refractivity contribution in [1.29, 1.82) is 0 Å². The summed E-state index contributed by atoms with van der Waals surface area (Å²) in [5.74, 6) is -0.307. The average Bonchev–Trinajstić information content (AvgIpc) is 2.86. The van der Waals surface area contributed by atoms with Crippen LogP contribution in [-0.4, -0.2) is 9.97 Å². The van der Waals surface area contributed by atoms with Gasteiger partial charge in [-0.05, 0) is 34.6 Å².